The van der Waals surface area contributed by atoms with Crippen molar-refractivity contribution in [1.29, 1.82) is 0 Å². The fourth-order valence-corrected chi connectivity index (χ4v) is 3.79. The highest BCUT2D eigenvalue weighted by Gasteiger charge is 2.19. The predicted octanol–water partition coefficient (Wildman–Crippen LogP) is 4.50. The Kier molecular flexibility index (Phi) is 5.44. The smallest absolute Gasteiger partial charge is 0.259 e. The molecule has 3 aromatic carbocycles. The van der Waals surface area contributed by atoms with E-state index in [2.05, 4.69) is 10.4 Å². The lowest BCUT2D eigenvalue weighted by molar-refractivity contribution is 0.102. The second kappa shape index (κ2) is 8.20. The van der Waals surface area contributed by atoms with Crippen molar-refractivity contribution in [2.45, 2.75) is 11.8 Å². The molecule has 0 atom stereocenters. The predicted molar refractivity (Wildman–Crippen MR) is 121 cm³/mol. The molecular formula is C24H21N3O3S. The van der Waals surface area contributed by atoms with Crippen LogP contribution in [0.2, 0.25) is 0 Å². The van der Waals surface area contributed by atoms with Crippen molar-refractivity contribution >= 4 is 21.4 Å². The molecule has 1 aromatic heterocycles. The number of hydrogen-bond acceptors (Lipinski definition) is 4. The minimum absolute atomic E-state index is 0.212. The zero-order valence-corrected chi connectivity index (χ0v) is 17.9. The van der Waals surface area contributed by atoms with Crippen LogP contribution in [0.15, 0.2) is 90.0 Å². The molecule has 7 heteroatoms. The van der Waals surface area contributed by atoms with Crippen molar-refractivity contribution < 1.29 is 13.2 Å². The lowest BCUT2D eigenvalue weighted by Crippen LogP contribution is -2.12. The molecule has 0 fully saturated rings. The van der Waals surface area contributed by atoms with Crippen LogP contribution in [-0.2, 0) is 9.84 Å². The molecule has 31 heavy (non-hydrogen) atoms. The Morgan fingerprint density at radius 3 is 2.16 bits per heavy atom. The number of para-hydroxylation sites is 1. The van der Waals surface area contributed by atoms with E-state index in [-0.39, 0.29) is 10.8 Å². The summed E-state index contributed by atoms with van der Waals surface area (Å²) in [6, 6.07) is 23.4. The van der Waals surface area contributed by atoms with E-state index >= 15 is 0 Å². The van der Waals surface area contributed by atoms with Crippen molar-refractivity contribution in [3.63, 3.8) is 0 Å². The molecule has 0 unspecified atom stereocenters. The van der Waals surface area contributed by atoms with Crippen LogP contribution in [0.3, 0.4) is 0 Å². The van der Waals surface area contributed by atoms with Crippen LogP contribution < -0.4 is 5.32 Å². The second-order valence-electron chi connectivity index (χ2n) is 7.29. The summed E-state index contributed by atoms with van der Waals surface area (Å²) in [5.74, 6) is -0.298. The van der Waals surface area contributed by atoms with Crippen molar-refractivity contribution in [1.82, 2.24) is 9.78 Å². The number of nitrogens with zero attached hydrogens (tertiary/aromatic N) is 2. The maximum absolute atomic E-state index is 13.1. The highest BCUT2D eigenvalue weighted by molar-refractivity contribution is 7.90. The minimum atomic E-state index is -3.32. The fourth-order valence-electron chi connectivity index (χ4n) is 3.16. The number of benzene rings is 3. The number of anilines is 1. The third-order valence-electron chi connectivity index (χ3n) is 4.84. The van der Waals surface area contributed by atoms with Gasteiger partial charge in [0.2, 0.25) is 0 Å². The highest BCUT2D eigenvalue weighted by Crippen LogP contribution is 2.26. The van der Waals surface area contributed by atoms with Gasteiger partial charge in [-0.2, -0.15) is 5.10 Å². The van der Waals surface area contributed by atoms with Gasteiger partial charge in [-0.3, -0.25) is 4.79 Å². The summed E-state index contributed by atoms with van der Waals surface area (Å²) in [5, 5.41) is 7.53. The number of aryl methyl sites for hydroxylation is 1. The molecule has 0 spiro atoms. The summed E-state index contributed by atoms with van der Waals surface area (Å²) in [6.07, 6.45) is 2.84. The van der Waals surface area contributed by atoms with E-state index in [0.29, 0.717) is 22.5 Å². The first-order chi connectivity index (χ1) is 14.8. The lowest BCUT2D eigenvalue weighted by atomic mass is 10.1. The van der Waals surface area contributed by atoms with E-state index in [1.54, 1.807) is 23.0 Å². The molecular weight excluding hydrogens is 410 g/mol. The molecule has 0 aliphatic carbocycles. The van der Waals surface area contributed by atoms with Gasteiger partial charge in [0.1, 0.15) is 5.69 Å². The first kappa shape index (κ1) is 20.6. The first-order valence-electron chi connectivity index (χ1n) is 9.65. The van der Waals surface area contributed by atoms with Gasteiger partial charge in [-0.15, -0.1) is 0 Å². The molecule has 0 aliphatic rings. The monoisotopic (exact) mass is 431 g/mol. The number of nitrogens with one attached hydrogen (secondary N) is 1. The molecule has 1 N–H and O–H groups in total. The van der Waals surface area contributed by atoms with Crippen LogP contribution in [-0.4, -0.2) is 30.4 Å². The molecule has 0 saturated carbocycles. The van der Waals surface area contributed by atoms with Crippen molar-refractivity contribution in [3.05, 3.63) is 96.2 Å². The summed E-state index contributed by atoms with van der Waals surface area (Å²) < 4.78 is 25.2. The topological polar surface area (TPSA) is 81.1 Å². The molecule has 4 aromatic rings. The molecule has 0 bridgehead atoms. The first-order valence-corrected chi connectivity index (χ1v) is 11.5. The lowest BCUT2D eigenvalue weighted by Gasteiger charge is -2.06. The average molecular weight is 432 g/mol. The van der Waals surface area contributed by atoms with Crippen molar-refractivity contribution in [2.24, 2.45) is 0 Å². The van der Waals surface area contributed by atoms with Gasteiger partial charge in [-0.25, -0.2) is 13.1 Å². The Labute approximate surface area is 181 Å². The summed E-state index contributed by atoms with van der Waals surface area (Å²) in [5.41, 5.74) is 4.09. The van der Waals surface area contributed by atoms with Gasteiger partial charge in [0, 0.05) is 23.7 Å². The number of carbonyl (C=O) groups excluding carboxylic acids is 1. The van der Waals surface area contributed by atoms with Crippen LogP contribution in [0.4, 0.5) is 5.69 Å². The summed E-state index contributed by atoms with van der Waals surface area (Å²) >= 11 is 0. The van der Waals surface area contributed by atoms with E-state index in [0.717, 1.165) is 17.5 Å². The summed E-state index contributed by atoms with van der Waals surface area (Å²) in [7, 11) is -3.32. The second-order valence-corrected chi connectivity index (χ2v) is 9.30. The van der Waals surface area contributed by atoms with Crippen molar-refractivity contribution in [3.8, 4) is 16.9 Å². The standard InChI is InChI=1S/C24H21N3O3S/c1-17-8-12-19(13-9-17)25-24(28)22-16-27(20-6-4-3-5-7-20)26-23(22)18-10-14-21(15-11-18)31(2,29)30/h3-16H,1-2H3,(H,25,28). The van der Waals surface area contributed by atoms with Crippen LogP contribution in [0.5, 0.6) is 0 Å². The number of aromatic nitrogens is 2. The minimum Gasteiger partial charge on any atom is -0.322 e. The fraction of sp³-hybridized carbons (Fsp3) is 0.0833. The van der Waals surface area contributed by atoms with Crippen LogP contribution in [0.1, 0.15) is 15.9 Å². The SMILES string of the molecule is Cc1ccc(NC(=O)c2cn(-c3ccccc3)nc2-c2ccc(S(C)(=O)=O)cc2)cc1. The number of amides is 1. The third-order valence-corrected chi connectivity index (χ3v) is 5.97. The zero-order valence-electron chi connectivity index (χ0n) is 17.1. The molecule has 156 valence electrons. The molecule has 1 heterocycles. The van der Waals surface area contributed by atoms with Crippen LogP contribution in [0.25, 0.3) is 16.9 Å². The van der Waals surface area contributed by atoms with Crippen LogP contribution >= 0.6 is 0 Å². The Hall–Kier alpha value is -3.71. The molecule has 4 rings (SSSR count). The largest absolute Gasteiger partial charge is 0.322 e. The van der Waals surface area contributed by atoms with Gasteiger partial charge in [-0.1, -0.05) is 48.0 Å². The van der Waals surface area contributed by atoms with E-state index in [4.69, 9.17) is 0 Å². The maximum atomic E-state index is 13.1. The van der Waals surface area contributed by atoms with Gasteiger partial charge in [0.05, 0.1) is 16.1 Å². The third kappa shape index (κ3) is 4.57. The number of rotatable bonds is 5. The average Bonchev–Trinajstić information content (AvgIpc) is 3.21. The number of carbonyl (C=O) groups is 1. The highest BCUT2D eigenvalue weighted by atomic mass is 32.2. The summed E-state index contributed by atoms with van der Waals surface area (Å²) in [6.45, 7) is 1.98. The normalized spacial score (nSPS) is 11.3. The van der Waals surface area contributed by atoms with E-state index in [1.807, 2.05) is 61.5 Å². The van der Waals surface area contributed by atoms with Gasteiger partial charge < -0.3 is 5.32 Å². The van der Waals surface area contributed by atoms with Gasteiger partial charge in [-0.05, 0) is 43.3 Å². The summed E-state index contributed by atoms with van der Waals surface area (Å²) in [4.78, 5) is 13.3. The van der Waals surface area contributed by atoms with Gasteiger partial charge in [0.25, 0.3) is 5.91 Å². The van der Waals surface area contributed by atoms with Crippen LogP contribution in [0, 0.1) is 6.92 Å². The van der Waals surface area contributed by atoms with Gasteiger partial charge >= 0.3 is 0 Å². The Morgan fingerprint density at radius 1 is 0.903 bits per heavy atom. The molecule has 0 radical (unpaired) electrons. The molecule has 6 nitrogen and oxygen atoms in total. The number of sulfone groups is 1. The van der Waals surface area contributed by atoms with Gasteiger partial charge in [0.15, 0.2) is 9.84 Å². The van der Waals surface area contributed by atoms with E-state index in [1.165, 1.54) is 12.1 Å². The molecule has 1 amide bonds. The Balaban J connectivity index is 1.76. The molecule has 0 aliphatic heterocycles. The Morgan fingerprint density at radius 2 is 1.55 bits per heavy atom. The Bertz CT molecular complexity index is 1330. The maximum Gasteiger partial charge on any atom is 0.259 e. The number of hydrogen-bond donors (Lipinski definition) is 1. The quantitative estimate of drug-likeness (QED) is 0.504. The molecule has 0 saturated heterocycles. The van der Waals surface area contributed by atoms with Crippen molar-refractivity contribution in [2.75, 3.05) is 11.6 Å². The van der Waals surface area contributed by atoms with E-state index < -0.39 is 9.84 Å². The van der Waals surface area contributed by atoms with E-state index in [9.17, 15) is 13.2 Å². The zero-order chi connectivity index (χ0) is 22.0.